The highest BCUT2D eigenvalue weighted by Gasteiger charge is 2.33. The lowest BCUT2D eigenvalue weighted by molar-refractivity contribution is -0.140. The van der Waals surface area contributed by atoms with Gasteiger partial charge in [0.25, 0.3) is 10.0 Å². The quantitative estimate of drug-likeness (QED) is 0.361. The molecule has 0 bridgehead atoms. The molecule has 10 heteroatoms. The lowest BCUT2D eigenvalue weighted by Crippen LogP contribution is -2.52. The number of hydrogen-bond acceptors (Lipinski definition) is 4. The molecule has 0 heterocycles. The number of carbonyl (C=O) groups excluding carboxylic acids is 2. The van der Waals surface area contributed by atoms with Crippen LogP contribution < -0.4 is 9.62 Å². The largest absolute Gasteiger partial charge is 0.355 e. The Bertz CT molecular complexity index is 1370. The molecule has 0 fully saturated rings. The van der Waals surface area contributed by atoms with E-state index >= 15 is 0 Å². The molecule has 7 nitrogen and oxygen atoms in total. The van der Waals surface area contributed by atoms with Crippen LogP contribution in [0.15, 0.2) is 77.7 Å². The van der Waals surface area contributed by atoms with E-state index < -0.39 is 34.3 Å². The molecular weight excluding hydrogens is 529 g/mol. The number of carbonyl (C=O) groups is 2. The number of benzene rings is 3. The highest BCUT2D eigenvalue weighted by molar-refractivity contribution is 7.92. The number of rotatable bonds is 11. The highest BCUT2D eigenvalue weighted by Crippen LogP contribution is 2.28. The Morgan fingerprint density at radius 2 is 1.66 bits per heavy atom. The second kappa shape index (κ2) is 12.9. The van der Waals surface area contributed by atoms with Crippen LogP contribution in [0.5, 0.6) is 0 Å². The molecule has 2 amide bonds. The fraction of sp³-hybridized carbons (Fsp3) is 0.286. The van der Waals surface area contributed by atoms with Crippen LogP contribution in [-0.4, -0.2) is 44.3 Å². The molecule has 3 aromatic carbocycles. The molecule has 38 heavy (non-hydrogen) atoms. The molecule has 0 aliphatic rings. The van der Waals surface area contributed by atoms with Crippen LogP contribution in [0.4, 0.5) is 10.1 Å². The second-order valence-electron chi connectivity index (χ2n) is 8.72. The number of anilines is 1. The first-order valence-corrected chi connectivity index (χ1v) is 14.1. The number of likely N-dealkylation sites (N-methyl/N-ethyl adjacent to an activating group) is 1. The molecule has 202 valence electrons. The van der Waals surface area contributed by atoms with E-state index in [0.717, 1.165) is 9.87 Å². The van der Waals surface area contributed by atoms with Crippen molar-refractivity contribution in [3.05, 3.63) is 94.8 Å². The van der Waals surface area contributed by atoms with Crippen molar-refractivity contribution in [1.82, 2.24) is 10.2 Å². The van der Waals surface area contributed by atoms with E-state index in [9.17, 15) is 22.4 Å². The Hall–Kier alpha value is -3.43. The molecule has 0 radical (unpaired) electrons. The van der Waals surface area contributed by atoms with Crippen molar-refractivity contribution in [3.63, 3.8) is 0 Å². The molecule has 0 saturated carbocycles. The minimum absolute atomic E-state index is 0.00495. The van der Waals surface area contributed by atoms with Gasteiger partial charge in [0, 0.05) is 18.1 Å². The molecule has 0 saturated heterocycles. The molecule has 0 spiro atoms. The third-order valence-corrected chi connectivity index (χ3v) is 8.25. The van der Waals surface area contributed by atoms with E-state index in [1.165, 1.54) is 47.4 Å². The van der Waals surface area contributed by atoms with E-state index in [1.807, 2.05) is 0 Å². The molecule has 1 atom stereocenters. The fourth-order valence-corrected chi connectivity index (χ4v) is 5.59. The van der Waals surface area contributed by atoms with Crippen molar-refractivity contribution < 1.29 is 22.4 Å². The monoisotopic (exact) mass is 559 g/mol. The van der Waals surface area contributed by atoms with Gasteiger partial charge in [-0.05, 0) is 67.8 Å². The SMILES string of the molecule is CCNC(=O)C(CC)N(Cc1ccc(F)cc1)C(=O)CN(c1ccc(C)c(Cl)c1)S(=O)(=O)c1ccccc1. The Labute approximate surface area is 228 Å². The topological polar surface area (TPSA) is 86.8 Å². The number of halogens is 2. The van der Waals surface area contributed by atoms with Crippen LogP contribution >= 0.6 is 11.6 Å². The average molecular weight is 560 g/mol. The van der Waals surface area contributed by atoms with Gasteiger partial charge >= 0.3 is 0 Å². The molecular formula is C28H31ClFN3O4S. The standard InChI is InChI=1S/C28H31ClFN3O4S/c1-4-26(28(35)31-5-2)32(18-21-12-14-22(30)15-13-21)27(34)19-33(23-16-11-20(3)25(29)17-23)38(36,37)24-9-7-6-8-10-24/h6-17,26H,4-5,18-19H2,1-3H3,(H,31,35). The highest BCUT2D eigenvalue weighted by atomic mass is 35.5. The number of amides is 2. The van der Waals surface area contributed by atoms with Crippen molar-refractivity contribution in [2.45, 2.75) is 44.7 Å². The van der Waals surface area contributed by atoms with Crippen LogP contribution in [0.2, 0.25) is 5.02 Å². The van der Waals surface area contributed by atoms with Crippen LogP contribution in [0.25, 0.3) is 0 Å². The van der Waals surface area contributed by atoms with Gasteiger partial charge in [0.05, 0.1) is 10.6 Å². The van der Waals surface area contributed by atoms with E-state index in [4.69, 9.17) is 11.6 Å². The first-order chi connectivity index (χ1) is 18.1. The summed E-state index contributed by atoms with van der Waals surface area (Å²) in [5.74, 6) is -1.39. The van der Waals surface area contributed by atoms with Gasteiger partial charge in [-0.1, -0.05) is 54.9 Å². The maximum Gasteiger partial charge on any atom is 0.264 e. The lowest BCUT2D eigenvalue weighted by Gasteiger charge is -2.33. The van der Waals surface area contributed by atoms with E-state index in [-0.39, 0.29) is 23.0 Å². The summed E-state index contributed by atoms with van der Waals surface area (Å²) in [4.78, 5) is 28.1. The minimum atomic E-state index is -4.18. The van der Waals surface area contributed by atoms with E-state index in [0.29, 0.717) is 23.6 Å². The Morgan fingerprint density at radius 1 is 1.00 bits per heavy atom. The third-order valence-electron chi connectivity index (χ3n) is 6.06. The Morgan fingerprint density at radius 3 is 2.24 bits per heavy atom. The first kappa shape index (κ1) is 29.1. The predicted molar refractivity (Wildman–Crippen MR) is 147 cm³/mol. The molecule has 1 N–H and O–H groups in total. The number of hydrogen-bond donors (Lipinski definition) is 1. The number of aryl methyl sites for hydroxylation is 1. The summed E-state index contributed by atoms with van der Waals surface area (Å²) in [6, 6.07) is 17.3. The van der Waals surface area contributed by atoms with Crippen molar-refractivity contribution in [3.8, 4) is 0 Å². The zero-order valence-electron chi connectivity index (χ0n) is 21.5. The summed E-state index contributed by atoms with van der Waals surface area (Å²) < 4.78 is 42.0. The third kappa shape index (κ3) is 6.90. The van der Waals surface area contributed by atoms with Gasteiger partial charge in [0.15, 0.2) is 0 Å². The normalized spacial score (nSPS) is 12.0. The lowest BCUT2D eigenvalue weighted by atomic mass is 10.1. The number of sulfonamides is 1. The predicted octanol–water partition coefficient (Wildman–Crippen LogP) is 4.93. The summed E-state index contributed by atoms with van der Waals surface area (Å²) in [6.07, 6.45) is 0.292. The van der Waals surface area contributed by atoms with Gasteiger partial charge in [-0.15, -0.1) is 0 Å². The maximum absolute atomic E-state index is 13.9. The smallest absolute Gasteiger partial charge is 0.264 e. The zero-order valence-corrected chi connectivity index (χ0v) is 23.1. The van der Waals surface area contributed by atoms with Crippen molar-refractivity contribution in [2.75, 3.05) is 17.4 Å². The van der Waals surface area contributed by atoms with Crippen molar-refractivity contribution >= 4 is 39.1 Å². The zero-order chi connectivity index (χ0) is 27.9. The number of nitrogens with zero attached hydrogens (tertiary/aromatic N) is 2. The molecule has 3 aromatic rings. The average Bonchev–Trinajstić information content (AvgIpc) is 2.90. The number of nitrogens with one attached hydrogen (secondary N) is 1. The molecule has 0 aliphatic carbocycles. The minimum Gasteiger partial charge on any atom is -0.355 e. The summed E-state index contributed by atoms with van der Waals surface area (Å²) in [5.41, 5.74) is 1.56. The summed E-state index contributed by atoms with van der Waals surface area (Å²) >= 11 is 6.32. The maximum atomic E-state index is 13.9. The first-order valence-electron chi connectivity index (χ1n) is 12.2. The van der Waals surface area contributed by atoms with Crippen LogP contribution in [0, 0.1) is 12.7 Å². The molecule has 0 aliphatic heterocycles. The van der Waals surface area contributed by atoms with Crippen LogP contribution in [0.1, 0.15) is 31.4 Å². The van der Waals surface area contributed by atoms with E-state index in [1.54, 1.807) is 51.1 Å². The summed E-state index contributed by atoms with van der Waals surface area (Å²) in [6.45, 7) is 5.10. The summed E-state index contributed by atoms with van der Waals surface area (Å²) in [7, 11) is -4.18. The van der Waals surface area contributed by atoms with Crippen LogP contribution in [0.3, 0.4) is 0 Å². The Kier molecular flexibility index (Phi) is 9.88. The van der Waals surface area contributed by atoms with Gasteiger partial charge < -0.3 is 10.2 Å². The van der Waals surface area contributed by atoms with Gasteiger partial charge in [0.2, 0.25) is 11.8 Å². The van der Waals surface area contributed by atoms with Gasteiger partial charge in [-0.25, -0.2) is 12.8 Å². The molecule has 1 unspecified atom stereocenters. The van der Waals surface area contributed by atoms with Crippen LogP contribution in [-0.2, 0) is 26.2 Å². The van der Waals surface area contributed by atoms with Gasteiger partial charge in [-0.3, -0.25) is 13.9 Å². The van der Waals surface area contributed by atoms with Gasteiger partial charge in [0.1, 0.15) is 18.4 Å². The van der Waals surface area contributed by atoms with Crippen molar-refractivity contribution in [2.24, 2.45) is 0 Å². The van der Waals surface area contributed by atoms with Crippen molar-refractivity contribution in [1.29, 1.82) is 0 Å². The summed E-state index contributed by atoms with van der Waals surface area (Å²) in [5, 5.41) is 3.09. The Balaban J connectivity index is 2.06. The fourth-order valence-electron chi connectivity index (χ4n) is 3.98. The van der Waals surface area contributed by atoms with Gasteiger partial charge in [-0.2, -0.15) is 0 Å². The second-order valence-corrected chi connectivity index (χ2v) is 11.0. The molecule has 0 aromatic heterocycles. The molecule has 3 rings (SSSR count). The van der Waals surface area contributed by atoms with E-state index in [2.05, 4.69) is 5.32 Å².